The number of hydrogen-bond donors (Lipinski definition) is 2. The number of esters is 1. The van der Waals surface area contributed by atoms with Crippen LogP contribution >= 0.6 is 11.3 Å². The van der Waals surface area contributed by atoms with E-state index in [1.54, 1.807) is 18.2 Å². The summed E-state index contributed by atoms with van der Waals surface area (Å²) in [6, 6.07) is 8.80. The number of nitrogens with one attached hydrogen (secondary N) is 2. The summed E-state index contributed by atoms with van der Waals surface area (Å²) in [6.45, 7) is 10.4. The Morgan fingerprint density at radius 1 is 1.12 bits per heavy atom. The Balaban J connectivity index is 1.29. The number of likely N-dealkylation sites (tertiary alicyclic amines) is 1. The third-order valence-corrected chi connectivity index (χ3v) is 12.3. The normalized spacial score (nSPS) is 21.2. The maximum absolute atomic E-state index is 14.3. The van der Waals surface area contributed by atoms with Gasteiger partial charge >= 0.3 is 12.1 Å². The number of cyclic esters (lactones) is 1. The Hall–Kier alpha value is -4.86. The minimum absolute atomic E-state index is 0.160. The number of methoxy groups -OCH3 is 2. The van der Waals surface area contributed by atoms with Crippen molar-refractivity contribution in [2.45, 2.75) is 91.0 Å². The van der Waals surface area contributed by atoms with E-state index in [9.17, 15) is 19.2 Å². The van der Waals surface area contributed by atoms with E-state index in [4.69, 9.17) is 24.2 Å². The Morgan fingerprint density at radius 3 is 2.65 bits per heavy atom. The number of hydrogen-bond acceptors (Lipinski definition) is 11. The molecule has 3 aromatic heterocycles. The molecule has 0 unspecified atom stereocenters. The van der Waals surface area contributed by atoms with E-state index in [1.165, 1.54) is 23.5 Å². The van der Waals surface area contributed by atoms with Gasteiger partial charge < -0.3 is 29.0 Å². The molecule has 7 rings (SSSR count). The standard InChI is InChI=1S/C42H53N7O7S/c1-7-48-34-13-12-27-20-29(34)30(37(48)28-10-8-16-43-36(28)25(2)54-5)22-42(3,4)24-56-40(52)31-11-9-17-49(46-31)39(51)32(21-35-44-33(27)23-57-35)45-38(50)26-14-18-47(19-15-26)41(53)55-6/h8,10,12-13,16,20,23,25-26,31-32,46H,7,9,11,14-15,17-19,21-22,24H2,1-6H3,(H,45,50)/t25-,31-,32-/m0/s1. The second-order valence-corrected chi connectivity index (χ2v) is 16.9. The minimum Gasteiger partial charge on any atom is -0.464 e. The number of amides is 3. The van der Waals surface area contributed by atoms with E-state index in [1.807, 2.05) is 18.4 Å². The molecule has 0 spiro atoms. The minimum atomic E-state index is -0.936. The quantitative estimate of drug-likeness (QED) is 0.233. The Labute approximate surface area is 337 Å². The molecule has 3 amide bonds. The second-order valence-electron chi connectivity index (χ2n) is 16.0. The summed E-state index contributed by atoms with van der Waals surface area (Å²) in [6.07, 6.45) is 3.91. The highest BCUT2D eigenvalue weighted by Gasteiger charge is 2.37. The summed E-state index contributed by atoms with van der Waals surface area (Å²) in [5.41, 5.74) is 9.45. The Kier molecular flexibility index (Phi) is 12.0. The van der Waals surface area contributed by atoms with E-state index < -0.39 is 29.6 Å². The van der Waals surface area contributed by atoms with Crippen molar-refractivity contribution in [1.29, 1.82) is 0 Å². The first-order valence-electron chi connectivity index (χ1n) is 19.9. The van der Waals surface area contributed by atoms with Crippen molar-refractivity contribution < 1.29 is 33.4 Å². The fourth-order valence-electron chi connectivity index (χ4n) is 8.31. The predicted octanol–water partition coefficient (Wildman–Crippen LogP) is 5.68. The van der Waals surface area contributed by atoms with Gasteiger partial charge in [0.15, 0.2) is 0 Å². The van der Waals surface area contributed by atoms with E-state index >= 15 is 0 Å². The summed E-state index contributed by atoms with van der Waals surface area (Å²) in [7, 11) is 3.03. The van der Waals surface area contributed by atoms with Gasteiger partial charge in [-0.25, -0.2) is 15.2 Å². The van der Waals surface area contributed by atoms with Crippen molar-refractivity contribution in [1.82, 2.24) is 35.2 Å². The summed E-state index contributed by atoms with van der Waals surface area (Å²) in [4.78, 5) is 65.2. The molecule has 2 fully saturated rings. The van der Waals surface area contributed by atoms with Crippen LogP contribution in [0, 0.1) is 11.3 Å². The number of fused-ring (bicyclic) bond motifs is 6. The monoisotopic (exact) mass is 799 g/mol. The van der Waals surface area contributed by atoms with Crippen molar-refractivity contribution in [3.05, 3.63) is 58.2 Å². The number of thiazole rings is 1. The van der Waals surface area contributed by atoms with Crippen molar-refractivity contribution in [3.63, 3.8) is 0 Å². The zero-order chi connectivity index (χ0) is 40.4. The maximum atomic E-state index is 14.3. The number of benzene rings is 1. The van der Waals surface area contributed by atoms with Crippen molar-refractivity contribution >= 4 is 46.1 Å². The van der Waals surface area contributed by atoms with Gasteiger partial charge in [-0.1, -0.05) is 19.9 Å². The smallest absolute Gasteiger partial charge is 0.409 e. The molecule has 3 aliphatic rings. The number of aryl methyl sites for hydroxylation is 1. The second kappa shape index (κ2) is 16.9. The molecule has 6 bridgehead atoms. The molecule has 304 valence electrons. The molecule has 0 radical (unpaired) electrons. The molecule has 0 aliphatic carbocycles. The summed E-state index contributed by atoms with van der Waals surface area (Å²) in [5, 5.41) is 8.26. The van der Waals surface area contributed by atoms with Gasteiger partial charge in [0.2, 0.25) is 5.91 Å². The zero-order valence-corrected chi connectivity index (χ0v) is 34.4. The van der Waals surface area contributed by atoms with Crippen molar-refractivity contribution in [2.75, 3.05) is 40.5 Å². The number of carbonyl (C=O) groups is 4. The van der Waals surface area contributed by atoms with Gasteiger partial charge in [0.1, 0.15) is 12.1 Å². The lowest BCUT2D eigenvalue weighted by molar-refractivity contribution is -0.155. The third kappa shape index (κ3) is 8.42. The van der Waals surface area contributed by atoms with E-state index in [-0.39, 0.29) is 36.9 Å². The fourth-order valence-corrected chi connectivity index (χ4v) is 9.16. The fraction of sp³-hybridized carbons (Fsp3) is 0.524. The van der Waals surface area contributed by atoms with Crippen LogP contribution in [-0.4, -0.2) is 101 Å². The molecule has 6 heterocycles. The molecule has 14 nitrogen and oxygen atoms in total. The average molecular weight is 800 g/mol. The molecular weight excluding hydrogens is 747 g/mol. The van der Waals surface area contributed by atoms with Crippen LogP contribution in [0.3, 0.4) is 0 Å². The number of ether oxygens (including phenoxy) is 3. The topological polar surface area (TPSA) is 157 Å². The summed E-state index contributed by atoms with van der Waals surface area (Å²) >= 11 is 1.44. The van der Waals surface area contributed by atoms with Gasteiger partial charge in [0.05, 0.1) is 41.9 Å². The van der Waals surface area contributed by atoms with Crippen LogP contribution in [0.2, 0.25) is 0 Å². The highest BCUT2D eigenvalue weighted by Crippen LogP contribution is 2.42. The van der Waals surface area contributed by atoms with Crippen LogP contribution < -0.4 is 10.7 Å². The summed E-state index contributed by atoms with van der Waals surface area (Å²) in [5.74, 6) is -1.40. The SMILES string of the molecule is CCn1c(-c2cccnc2[C@H](C)OC)c2c3cc(ccc31)-c1csc(n1)C[C@H](NC(=O)C1CCN(C(=O)OC)CC1)C(=O)N1CCC[C@H](N1)C(=O)OCC(C)(C)C2. The maximum Gasteiger partial charge on any atom is 0.409 e. The van der Waals surface area contributed by atoms with Crippen molar-refractivity contribution in [3.8, 4) is 22.5 Å². The van der Waals surface area contributed by atoms with Crippen LogP contribution in [0.15, 0.2) is 41.9 Å². The number of aromatic nitrogens is 3. The molecule has 3 atom stereocenters. The van der Waals surface area contributed by atoms with E-state index in [0.29, 0.717) is 63.3 Å². The highest BCUT2D eigenvalue weighted by atomic mass is 32.1. The van der Waals surface area contributed by atoms with Gasteiger partial charge in [-0.15, -0.1) is 11.3 Å². The number of pyridine rings is 1. The molecule has 3 aliphatic heterocycles. The lowest BCUT2D eigenvalue weighted by Crippen LogP contribution is -2.61. The van der Waals surface area contributed by atoms with Crippen LogP contribution in [0.1, 0.15) is 75.7 Å². The number of piperidine rings is 1. The van der Waals surface area contributed by atoms with Gasteiger partial charge in [-0.2, -0.15) is 0 Å². The molecule has 2 N–H and O–H groups in total. The van der Waals surface area contributed by atoms with E-state index in [2.05, 4.69) is 60.3 Å². The highest BCUT2D eigenvalue weighted by molar-refractivity contribution is 7.10. The average Bonchev–Trinajstić information content (AvgIpc) is 3.83. The Morgan fingerprint density at radius 2 is 1.91 bits per heavy atom. The molecule has 1 aromatic carbocycles. The molecule has 15 heteroatoms. The predicted molar refractivity (Wildman–Crippen MR) is 216 cm³/mol. The van der Waals surface area contributed by atoms with Crippen LogP contribution in [0.4, 0.5) is 4.79 Å². The number of carbonyl (C=O) groups excluding carboxylic acids is 4. The molecule has 2 saturated heterocycles. The van der Waals surface area contributed by atoms with Crippen LogP contribution in [0.25, 0.3) is 33.4 Å². The number of rotatable bonds is 6. The third-order valence-electron chi connectivity index (χ3n) is 11.5. The van der Waals surface area contributed by atoms with Gasteiger partial charge in [-0.3, -0.25) is 24.4 Å². The zero-order valence-electron chi connectivity index (χ0n) is 33.6. The van der Waals surface area contributed by atoms with Gasteiger partial charge in [-0.05, 0) is 75.8 Å². The molecule has 0 saturated carbocycles. The van der Waals surface area contributed by atoms with Crippen molar-refractivity contribution in [2.24, 2.45) is 11.3 Å². The first-order chi connectivity index (χ1) is 27.4. The van der Waals surface area contributed by atoms with Crippen LogP contribution in [0.5, 0.6) is 0 Å². The molecule has 4 aromatic rings. The lowest BCUT2D eigenvalue weighted by Gasteiger charge is -2.36. The largest absolute Gasteiger partial charge is 0.464 e. The van der Waals surface area contributed by atoms with E-state index in [0.717, 1.165) is 44.7 Å². The van der Waals surface area contributed by atoms with Crippen LogP contribution in [-0.2, 0) is 48.0 Å². The first-order valence-corrected chi connectivity index (χ1v) is 20.7. The molecular formula is C42H53N7O7S. The Bertz CT molecular complexity index is 2140. The molecule has 57 heavy (non-hydrogen) atoms. The number of nitrogens with zero attached hydrogens (tertiary/aromatic N) is 5. The summed E-state index contributed by atoms with van der Waals surface area (Å²) < 4.78 is 19.0. The van der Waals surface area contributed by atoms with Gasteiger partial charge in [0, 0.05) is 84.6 Å². The lowest BCUT2D eigenvalue weighted by atomic mass is 9.84. The number of hydrazine groups is 1. The first kappa shape index (κ1) is 40.3. The van der Waals surface area contributed by atoms with Gasteiger partial charge in [0.25, 0.3) is 5.91 Å².